The van der Waals surface area contributed by atoms with E-state index in [9.17, 15) is 42.2 Å². The zero-order chi connectivity index (χ0) is 96.5. The molecule has 7 N–H and O–H groups in total. The highest BCUT2D eigenvalue weighted by molar-refractivity contribution is 6.32. The number of Topliss-reactive ketones (excluding diaryl/α,β-unsaturated/α-hetero) is 1. The lowest BCUT2D eigenvalue weighted by Crippen LogP contribution is -2.55. The zero-order valence-electron chi connectivity index (χ0n) is 79.1. The summed E-state index contributed by atoms with van der Waals surface area (Å²) in [5, 5.41) is 64.2. The van der Waals surface area contributed by atoms with Crippen molar-refractivity contribution < 1.29 is 51.9 Å². The van der Waals surface area contributed by atoms with Crippen molar-refractivity contribution in [2.45, 2.75) is 205 Å². The van der Waals surface area contributed by atoms with Crippen LogP contribution in [0.3, 0.4) is 0 Å². The number of aryl methyl sites for hydroxylation is 8. The lowest BCUT2D eigenvalue weighted by molar-refractivity contribution is -0.577. The van der Waals surface area contributed by atoms with Gasteiger partial charge in [0.2, 0.25) is 0 Å². The number of halogens is 7. The van der Waals surface area contributed by atoms with Crippen molar-refractivity contribution in [3.8, 4) is 0 Å². The summed E-state index contributed by atoms with van der Waals surface area (Å²) >= 11 is 12.2. The van der Waals surface area contributed by atoms with Gasteiger partial charge in [0.25, 0.3) is 5.52 Å². The number of nitrogens with two attached hydrogens (primary N) is 1. The summed E-state index contributed by atoms with van der Waals surface area (Å²) < 4.78 is 72.9. The number of carbonyl (C=O) groups is 1. The number of nitrogens with one attached hydrogen (secondary N) is 1. The molecule has 0 spiro atoms. The molecule has 13 aromatic heterocycles. The number of hydrazine groups is 1. The van der Waals surface area contributed by atoms with Gasteiger partial charge in [-0.05, 0) is 179 Å². The van der Waals surface area contributed by atoms with Crippen LogP contribution in [0, 0.1) is 62.0 Å². The number of aromatic nitrogens is 17. The molecule has 34 heteroatoms. The number of aliphatic hydroxyl groups is 4. The van der Waals surface area contributed by atoms with Crippen molar-refractivity contribution in [2.24, 2.45) is 34.0 Å². The Morgan fingerprint density at radius 3 is 1.34 bits per heavy atom. The maximum absolute atomic E-state index is 13.6. The first kappa shape index (κ1) is 110. The molecule has 3 aliphatic heterocycles. The number of hydrogen-bond acceptors (Lipinski definition) is 22. The van der Waals surface area contributed by atoms with Gasteiger partial charge < -0.3 is 25.6 Å². The van der Waals surface area contributed by atoms with Crippen LogP contribution in [0.5, 0.6) is 0 Å². The number of aliphatic hydroxyl groups excluding tert-OH is 3. The first-order valence-electron chi connectivity index (χ1n) is 42.4. The monoisotopic (exact) mass is 1820 g/mol. The van der Waals surface area contributed by atoms with E-state index in [1.807, 2.05) is 130 Å². The van der Waals surface area contributed by atoms with Gasteiger partial charge >= 0.3 is 0 Å². The van der Waals surface area contributed by atoms with E-state index < -0.39 is 23.3 Å². The van der Waals surface area contributed by atoms with Crippen molar-refractivity contribution in [1.29, 1.82) is 0 Å². The standard InChI is InChI=1S/2C11H14ClN3.C11H15N3O.C11H15N3.C10H14FNO.C10H12FNO.C8H10FNO.C8H10FN.C6H12N2.C5H4FN.C2H6O2.CH6N2/c1-6(2)9-8(12)5-13-10-7(3)14-15(4)11(9)10;1-6(2)8-5-9(12)13-10-7(3)14-15(4)11(8)10;1-7(2)9-5-6-14(15)10-8(3)12-13(4)11(9)10;1-7(2)9-5-6-12-10-8(3)13-14(4)11(9)10;2*1-6(2)8-4-5-12-10(7(3)13)9(8)11;1-8(2,11)6-3-4-10-5-7(6)9;1-6(2)7-3-4-10-5-8(7)9;1-2-8-5-3-7(1)4-6-8;6-5-2-1-3-7-4-5;3-1-2-4;1-3-2/h2*5-6H,1-4H3;5-7H,1-4H3;5-7H,1-4H3;4-7,13H,1-3H3;4-6H,1-3H3;3-5,11H,1-2H3;3-6H,1-2H3;1-6H2;1-4H;3-4H,1-2H2;3H,2H2,1H3. The van der Waals surface area contributed by atoms with E-state index in [1.54, 1.807) is 54.6 Å². The Balaban J connectivity index is 0.000000297. The first-order chi connectivity index (χ1) is 60.1. The molecule has 128 heavy (non-hydrogen) atoms. The van der Waals surface area contributed by atoms with Crippen LogP contribution < -0.4 is 16.0 Å². The van der Waals surface area contributed by atoms with Gasteiger partial charge in [0, 0.05) is 135 Å². The third-order valence-electron chi connectivity index (χ3n) is 20.0. The predicted octanol–water partition coefficient (Wildman–Crippen LogP) is 17.8. The number of fused-ring (bicyclic) bond motifs is 7. The van der Waals surface area contributed by atoms with Crippen LogP contribution in [0.1, 0.15) is 256 Å². The van der Waals surface area contributed by atoms with E-state index in [4.69, 9.17) is 33.4 Å². The third-order valence-corrected chi connectivity index (χ3v) is 20.5. The summed E-state index contributed by atoms with van der Waals surface area (Å²) in [6.45, 7) is 50.0. The summed E-state index contributed by atoms with van der Waals surface area (Å²) in [4.78, 5) is 47.3. The van der Waals surface area contributed by atoms with Crippen LogP contribution in [-0.4, -0.2) is 175 Å². The molecule has 27 nitrogen and oxygen atoms in total. The fourth-order valence-electron chi connectivity index (χ4n) is 13.7. The quantitative estimate of drug-likeness (QED) is 0.0133. The maximum atomic E-state index is 13.6. The zero-order valence-corrected chi connectivity index (χ0v) is 80.7. The van der Waals surface area contributed by atoms with Gasteiger partial charge in [-0.3, -0.25) is 79.5 Å². The second-order valence-electron chi connectivity index (χ2n) is 33.1. The largest absolute Gasteiger partial charge is 0.618 e. The highest BCUT2D eigenvalue weighted by atomic mass is 35.5. The average molecular weight is 1820 g/mol. The van der Waals surface area contributed by atoms with Crippen LogP contribution in [0.2, 0.25) is 10.2 Å². The van der Waals surface area contributed by atoms with Gasteiger partial charge in [0.1, 0.15) is 61.8 Å². The fraction of sp³-hybridized carbons (Fsp3) is 0.468. The number of pyridine rings is 9. The lowest BCUT2D eigenvalue weighted by Gasteiger charge is -2.41. The normalized spacial score (nSPS) is 13.2. The van der Waals surface area contributed by atoms with Crippen molar-refractivity contribution in [1.82, 2.24) is 94.2 Å². The van der Waals surface area contributed by atoms with Crippen molar-refractivity contribution in [2.75, 3.05) is 59.5 Å². The Bertz CT molecular complexity index is 5540. The minimum absolute atomic E-state index is 0.0637. The fourth-order valence-corrected chi connectivity index (χ4v) is 14.2. The number of piperazine rings is 3. The molecule has 13 aromatic rings. The first-order valence-corrected chi connectivity index (χ1v) is 43.2. The molecule has 0 radical (unpaired) electrons. The molecule has 1 unspecified atom stereocenters. The second kappa shape index (κ2) is 52.9. The number of ketones is 1. The van der Waals surface area contributed by atoms with Crippen LogP contribution >= 0.6 is 23.2 Å². The molecule has 16 rings (SSSR count). The van der Waals surface area contributed by atoms with E-state index in [0.717, 1.165) is 83.0 Å². The van der Waals surface area contributed by atoms with Gasteiger partial charge in [-0.1, -0.05) is 120 Å². The van der Waals surface area contributed by atoms with Crippen LogP contribution in [-0.2, 0) is 33.8 Å². The summed E-state index contributed by atoms with van der Waals surface area (Å²) in [5.41, 5.74) is 19.6. The summed E-state index contributed by atoms with van der Waals surface area (Å²) in [5.74, 6) is 4.54. The minimum atomic E-state index is -1.13. The van der Waals surface area contributed by atoms with Crippen molar-refractivity contribution >= 4 is 73.1 Å². The Hall–Kier alpha value is -10.4. The molecule has 0 aromatic carbocycles. The van der Waals surface area contributed by atoms with Gasteiger partial charge in [0.15, 0.2) is 23.6 Å². The molecule has 2 bridgehead atoms. The van der Waals surface area contributed by atoms with Gasteiger partial charge in [-0.25, -0.2) is 26.9 Å². The highest BCUT2D eigenvalue weighted by Crippen LogP contribution is 2.34. The van der Waals surface area contributed by atoms with E-state index >= 15 is 0 Å². The number of hydrogen-bond donors (Lipinski definition) is 6. The van der Waals surface area contributed by atoms with Crippen molar-refractivity contribution in [3.63, 3.8) is 0 Å². The second-order valence-corrected chi connectivity index (χ2v) is 33.8. The Labute approximate surface area is 760 Å². The number of rotatable bonds is 11. The van der Waals surface area contributed by atoms with Crippen LogP contribution in [0.25, 0.3) is 44.1 Å². The highest BCUT2D eigenvalue weighted by Gasteiger charge is 2.25. The third kappa shape index (κ3) is 32.1. The lowest BCUT2D eigenvalue weighted by atomic mass is 10.00. The Morgan fingerprint density at radius 1 is 0.516 bits per heavy atom. The maximum Gasteiger partial charge on any atom is 0.265 e. The molecular weight excluding hydrogens is 1690 g/mol. The van der Waals surface area contributed by atoms with Gasteiger partial charge in [-0.15, -0.1) is 0 Å². The molecule has 16 heterocycles. The molecule has 3 fully saturated rings. The van der Waals surface area contributed by atoms with Gasteiger partial charge in [-0.2, -0.15) is 25.1 Å². The number of carbonyl (C=O) groups excluding carboxylic acids is 1. The topological polar surface area (TPSA) is 344 Å². The van der Waals surface area contributed by atoms with Crippen LogP contribution in [0.4, 0.5) is 22.0 Å². The molecule has 3 saturated heterocycles. The molecular formula is C94H132Cl2F5N21O6. The Morgan fingerprint density at radius 2 is 0.930 bits per heavy atom. The molecule has 0 amide bonds. The molecule has 0 aliphatic carbocycles. The Kier molecular flexibility index (Phi) is 45.5. The average Bonchev–Trinajstić information content (AvgIpc) is 1.63. The molecule has 0 saturated carbocycles. The van der Waals surface area contributed by atoms with E-state index in [2.05, 4.69) is 143 Å². The molecule has 3 aliphatic rings. The van der Waals surface area contributed by atoms with E-state index in [-0.39, 0.29) is 71.2 Å². The predicted molar refractivity (Wildman–Crippen MR) is 500 cm³/mol. The molecule has 1 atom stereocenters. The smallest absolute Gasteiger partial charge is 0.265 e. The molecule has 698 valence electrons. The van der Waals surface area contributed by atoms with Crippen molar-refractivity contribution in [3.05, 3.63) is 246 Å². The van der Waals surface area contributed by atoms with Gasteiger partial charge in [0.05, 0.1) is 82.2 Å². The summed E-state index contributed by atoms with van der Waals surface area (Å²) in [6, 6.07) is 15.2. The van der Waals surface area contributed by atoms with E-state index in [1.165, 1.54) is 138 Å². The number of nitrogens with zero attached hydrogens (tertiary/aromatic N) is 19. The SMILES string of the molecule is C1CN2CCN1CC2.CC(=O)c1nccc(C(C)C)c1F.CC(C)(O)c1ccncc1F.CC(C)c1ccnc(C(C)O)c1F.CC(C)c1ccncc1F.CNN.Cc1nn(C)c2c(C(C)C)c(Cl)cnc12.Cc1nn(C)c2c(C(C)C)cc(Cl)nc12.Cc1nn(C)c2c(C(C)C)cc[n+]([O-])c12.Cc1nn(C)c2c(C(C)C)ccnc12.Fc1cccnc1.OCCO. The van der Waals surface area contributed by atoms with E-state index in [0.29, 0.717) is 45.5 Å². The van der Waals surface area contributed by atoms with Crippen LogP contribution in [0.15, 0.2) is 123 Å². The summed E-state index contributed by atoms with van der Waals surface area (Å²) in [7, 11) is 9.38. The summed E-state index contributed by atoms with van der Waals surface area (Å²) in [6.07, 6.45) is 15.4. The minimum Gasteiger partial charge on any atom is -0.618 e.